The molecule has 1 aliphatic rings. The monoisotopic (exact) mass is 469 g/mol. The zero-order valence-corrected chi connectivity index (χ0v) is 17.2. The molecule has 25 heavy (non-hydrogen) atoms. The highest BCUT2D eigenvalue weighted by atomic mass is 79.9. The maximum atomic E-state index is 14.4. The molecule has 1 unspecified atom stereocenters. The van der Waals surface area contributed by atoms with E-state index in [0.717, 1.165) is 11.1 Å². The third kappa shape index (κ3) is 4.39. The Morgan fingerprint density at radius 3 is 2.20 bits per heavy atom. The number of alkyl halides is 1. The summed E-state index contributed by atoms with van der Waals surface area (Å²) in [6.07, 6.45) is 0.597. The number of halogens is 4. The number of hydrogen-bond donors (Lipinski definition) is 1. The molecule has 0 spiro atoms. The number of hydrogen-bond acceptors (Lipinski definition) is 1. The van der Waals surface area contributed by atoms with Crippen molar-refractivity contribution in [2.45, 2.75) is 25.1 Å². The lowest BCUT2D eigenvalue weighted by Crippen LogP contribution is -2.26. The number of allylic oxidation sites excluding steroid dienone is 2. The summed E-state index contributed by atoms with van der Waals surface area (Å²) in [6, 6.07) is 12.1. The van der Waals surface area contributed by atoms with Gasteiger partial charge in [0.15, 0.2) is 0 Å². The van der Waals surface area contributed by atoms with Gasteiger partial charge in [-0.3, -0.25) is 0 Å². The minimum Gasteiger partial charge on any atom is -0.358 e. The van der Waals surface area contributed by atoms with Gasteiger partial charge in [-0.2, -0.15) is 0 Å². The zero-order chi connectivity index (χ0) is 18.6. The van der Waals surface area contributed by atoms with E-state index >= 15 is 0 Å². The van der Waals surface area contributed by atoms with Crippen molar-refractivity contribution >= 4 is 43.1 Å². The smallest absolute Gasteiger partial charge is 0.136 e. The fourth-order valence-corrected chi connectivity index (χ4v) is 3.45. The molecule has 0 fully saturated rings. The largest absolute Gasteiger partial charge is 0.358 e. The fraction of sp³-hybridized carbons (Fsp3) is 0.200. The molecule has 1 heterocycles. The average Bonchev–Trinajstić information content (AvgIpc) is 2.59. The van der Waals surface area contributed by atoms with Crippen LogP contribution in [0, 0.1) is 11.6 Å². The first kappa shape index (κ1) is 19.9. The van der Waals surface area contributed by atoms with Gasteiger partial charge in [-0.05, 0) is 29.7 Å². The summed E-state index contributed by atoms with van der Waals surface area (Å²) in [5, 5.41) is 3.08. The third-order valence-corrected chi connectivity index (χ3v) is 5.06. The molecular weight excluding hydrogens is 452 g/mol. The fourth-order valence-electron chi connectivity index (χ4n) is 2.61. The van der Waals surface area contributed by atoms with Gasteiger partial charge < -0.3 is 5.32 Å². The molecule has 0 saturated carbocycles. The van der Waals surface area contributed by atoms with E-state index in [1.165, 1.54) is 12.1 Å². The normalized spacial score (nSPS) is 16.9. The van der Waals surface area contributed by atoms with Gasteiger partial charge in [-0.15, -0.1) is 0 Å². The second-order valence-electron chi connectivity index (χ2n) is 5.29. The standard InChI is InChI=1S/C18H13Br2F2N.C2H6/c1-10-14(20)9-13(11-5-3-2-4-6-11)18(23-10)17-15(21)7-12(19)8-16(17)22;1-2/h2-8,14,23H,1,9H2;1-2H3. The quantitative estimate of drug-likeness (QED) is 0.471. The molecule has 1 aliphatic heterocycles. The lowest BCUT2D eigenvalue weighted by molar-refractivity contribution is 0.573. The molecule has 1 nitrogen and oxygen atoms in total. The van der Waals surface area contributed by atoms with Gasteiger partial charge >= 0.3 is 0 Å². The summed E-state index contributed by atoms with van der Waals surface area (Å²) >= 11 is 6.66. The Bertz CT molecular complexity index is 778. The van der Waals surface area contributed by atoms with Gasteiger partial charge in [0, 0.05) is 10.2 Å². The molecule has 3 rings (SSSR count). The van der Waals surface area contributed by atoms with Crippen LogP contribution >= 0.6 is 31.9 Å². The summed E-state index contributed by atoms with van der Waals surface area (Å²) in [5.74, 6) is -1.23. The molecule has 0 bridgehead atoms. The van der Waals surface area contributed by atoms with Gasteiger partial charge in [-0.25, -0.2) is 8.78 Å². The van der Waals surface area contributed by atoms with E-state index in [1.807, 2.05) is 44.2 Å². The Morgan fingerprint density at radius 2 is 1.64 bits per heavy atom. The van der Waals surface area contributed by atoms with E-state index in [9.17, 15) is 8.78 Å². The van der Waals surface area contributed by atoms with E-state index in [1.54, 1.807) is 0 Å². The lowest BCUT2D eigenvalue weighted by Gasteiger charge is -2.28. The molecule has 2 aromatic rings. The summed E-state index contributed by atoms with van der Waals surface area (Å²) in [7, 11) is 0. The van der Waals surface area contributed by atoms with Crippen LogP contribution in [0.2, 0.25) is 0 Å². The predicted octanol–water partition coefficient (Wildman–Crippen LogP) is 6.89. The molecule has 2 aromatic carbocycles. The second kappa shape index (κ2) is 8.77. The van der Waals surface area contributed by atoms with Crippen molar-refractivity contribution in [3.8, 4) is 0 Å². The minimum absolute atomic E-state index is 0.00280. The summed E-state index contributed by atoms with van der Waals surface area (Å²) < 4.78 is 29.2. The molecule has 1 N–H and O–H groups in total. The van der Waals surface area contributed by atoms with Crippen molar-refractivity contribution in [3.63, 3.8) is 0 Å². The minimum atomic E-state index is -0.617. The second-order valence-corrected chi connectivity index (χ2v) is 7.31. The van der Waals surface area contributed by atoms with Crippen LogP contribution in [0.25, 0.3) is 11.3 Å². The van der Waals surface area contributed by atoms with Crippen LogP contribution in [-0.2, 0) is 0 Å². The van der Waals surface area contributed by atoms with Crippen molar-refractivity contribution < 1.29 is 8.78 Å². The van der Waals surface area contributed by atoms with Crippen molar-refractivity contribution in [1.29, 1.82) is 0 Å². The highest BCUT2D eigenvalue weighted by Gasteiger charge is 2.27. The Morgan fingerprint density at radius 1 is 1.08 bits per heavy atom. The summed E-state index contributed by atoms with van der Waals surface area (Å²) in [4.78, 5) is 0.00280. The van der Waals surface area contributed by atoms with Gasteiger partial charge in [0.1, 0.15) is 11.6 Å². The van der Waals surface area contributed by atoms with Gasteiger partial charge in [-0.1, -0.05) is 82.6 Å². The van der Waals surface area contributed by atoms with Gasteiger partial charge in [0.2, 0.25) is 0 Å². The molecule has 0 saturated heterocycles. The van der Waals surface area contributed by atoms with Crippen molar-refractivity contribution in [2.24, 2.45) is 0 Å². The van der Waals surface area contributed by atoms with Crippen molar-refractivity contribution in [1.82, 2.24) is 5.32 Å². The first-order valence-electron chi connectivity index (χ1n) is 8.00. The Balaban J connectivity index is 0.00000109. The SMILES string of the molecule is C=C1NC(c2c(F)cc(Br)cc2F)=C(c2ccccc2)CC1Br.CC. The molecular formula is C20H19Br2F2N. The maximum absolute atomic E-state index is 14.4. The zero-order valence-electron chi connectivity index (χ0n) is 14.0. The van der Waals surface area contributed by atoms with Crippen molar-refractivity contribution in [3.05, 3.63) is 82.0 Å². The van der Waals surface area contributed by atoms with E-state index < -0.39 is 11.6 Å². The van der Waals surface area contributed by atoms with Crippen LogP contribution in [0.4, 0.5) is 8.78 Å². The predicted molar refractivity (Wildman–Crippen MR) is 108 cm³/mol. The van der Waals surface area contributed by atoms with Crippen LogP contribution in [0.3, 0.4) is 0 Å². The van der Waals surface area contributed by atoms with E-state index in [0.29, 0.717) is 22.3 Å². The van der Waals surface area contributed by atoms with E-state index in [2.05, 4.69) is 43.8 Å². The highest BCUT2D eigenvalue weighted by molar-refractivity contribution is 9.10. The lowest BCUT2D eigenvalue weighted by atomic mass is 9.91. The van der Waals surface area contributed by atoms with Crippen LogP contribution in [0.1, 0.15) is 31.4 Å². The Labute approximate surface area is 164 Å². The van der Waals surface area contributed by atoms with Gasteiger partial charge in [0.05, 0.1) is 16.1 Å². The first-order chi connectivity index (χ1) is 12.0. The van der Waals surface area contributed by atoms with E-state index in [-0.39, 0.29) is 10.4 Å². The molecule has 0 radical (unpaired) electrons. The van der Waals surface area contributed by atoms with E-state index in [4.69, 9.17) is 0 Å². The number of nitrogens with one attached hydrogen (secondary N) is 1. The molecule has 1 atom stereocenters. The maximum Gasteiger partial charge on any atom is 0.136 e. The number of benzene rings is 2. The van der Waals surface area contributed by atoms with Gasteiger partial charge in [0.25, 0.3) is 0 Å². The average molecular weight is 471 g/mol. The number of rotatable bonds is 2. The van der Waals surface area contributed by atoms with Crippen LogP contribution in [0.5, 0.6) is 0 Å². The highest BCUT2D eigenvalue weighted by Crippen LogP contribution is 2.38. The first-order valence-corrected chi connectivity index (χ1v) is 9.71. The van der Waals surface area contributed by atoms with Crippen LogP contribution in [0.15, 0.2) is 59.2 Å². The van der Waals surface area contributed by atoms with Crippen LogP contribution < -0.4 is 5.32 Å². The Kier molecular flexibility index (Phi) is 6.96. The Hall–Kier alpha value is -1.46. The topological polar surface area (TPSA) is 12.0 Å². The molecule has 0 aliphatic carbocycles. The third-order valence-electron chi connectivity index (χ3n) is 3.73. The molecule has 0 amide bonds. The summed E-state index contributed by atoms with van der Waals surface area (Å²) in [5.41, 5.74) is 2.82. The summed E-state index contributed by atoms with van der Waals surface area (Å²) in [6.45, 7) is 7.93. The molecule has 132 valence electrons. The molecule has 5 heteroatoms. The molecule has 0 aromatic heterocycles. The van der Waals surface area contributed by atoms with Crippen LogP contribution in [-0.4, -0.2) is 4.83 Å². The van der Waals surface area contributed by atoms with Crippen molar-refractivity contribution in [2.75, 3.05) is 0 Å².